The highest BCUT2D eigenvalue weighted by molar-refractivity contribution is 7.89. The van der Waals surface area contributed by atoms with E-state index in [9.17, 15) is 13.2 Å². The molecule has 0 aliphatic rings. The summed E-state index contributed by atoms with van der Waals surface area (Å²) in [6.45, 7) is 1.27. The first-order valence-corrected chi connectivity index (χ1v) is 7.02. The maximum atomic E-state index is 12.3. The van der Waals surface area contributed by atoms with Crippen LogP contribution in [0.3, 0.4) is 0 Å². The summed E-state index contributed by atoms with van der Waals surface area (Å²) in [5.74, 6) is -1.35. The Balaban J connectivity index is 3.42. The molecule has 0 saturated heterocycles. The van der Waals surface area contributed by atoms with Crippen LogP contribution in [0.25, 0.3) is 0 Å². The van der Waals surface area contributed by atoms with Crippen molar-refractivity contribution in [2.45, 2.75) is 11.8 Å². The number of carboxylic acid groups (broad SMARTS) is 1. The third kappa shape index (κ3) is 3.22. The van der Waals surface area contributed by atoms with Gasteiger partial charge in [-0.2, -0.15) is 4.31 Å². The van der Waals surface area contributed by atoms with E-state index in [1.807, 2.05) is 0 Å². The molecule has 0 amide bonds. The normalized spacial score (nSPS) is 11.7. The number of likely N-dealkylation sites (N-methyl/N-ethyl adjacent to an activating group) is 1. The first-order valence-electron chi connectivity index (χ1n) is 5.58. The summed E-state index contributed by atoms with van der Waals surface area (Å²) < 4.78 is 25.6. The van der Waals surface area contributed by atoms with Crippen molar-refractivity contribution in [1.82, 2.24) is 4.31 Å². The number of hydrogen-bond acceptors (Lipinski definition) is 5. The van der Waals surface area contributed by atoms with Gasteiger partial charge in [0.1, 0.15) is 0 Å². The Morgan fingerprint density at radius 2 is 2.05 bits per heavy atom. The predicted octanol–water partition coefficient (Wildman–Crippen LogP) is -0.0301. The summed E-state index contributed by atoms with van der Waals surface area (Å²) in [6, 6.07) is 3.58. The van der Waals surface area contributed by atoms with Crippen molar-refractivity contribution in [3.63, 3.8) is 0 Å². The number of aromatic carboxylic acids is 1. The molecule has 8 heteroatoms. The van der Waals surface area contributed by atoms with Gasteiger partial charge >= 0.3 is 5.97 Å². The molecule has 0 radical (unpaired) electrons. The molecule has 0 bridgehead atoms. The SMILES string of the molecule is CCN(CCO)S(=O)(=O)c1cc(N)ccc1C(=O)O. The van der Waals surface area contributed by atoms with Gasteiger partial charge < -0.3 is 15.9 Å². The Labute approximate surface area is 111 Å². The van der Waals surface area contributed by atoms with Crippen LogP contribution in [0.1, 0.15) is 17.3 Å². The number of carbonyl (C=O) groups is 1. The summed E-state index contributed by atoms with van der Waals surface area (Å²) in [6.07, 6.45) is 0. The van der Waals surface area contributed by atoms with Crippen molar-refractivity contribution in [1.29, 1.82) is 0 Å². The molecule has 19 heavy (non-hydrogen) atoms. The van der Waals surface area contributed by atoms with Crippen LogP contribution < -0.4 is 5.73 Å². The fraction of sp³-hybridized carbons (Fsp3) is 0.364. The summed E-state index contributed by atoms with van der Waals surface area (Å²) in [5, 5.41) is 17.9. The van der Waals surface area contributed by atoms with E-state index >= 15 is 0 Å². The van der Waals surface area contributed by atoms with E-state index in [-0.39, 0.29) is 35.8 Å². The van der Waals surface area contributed by atoms with Crippen LogP contribution in [0, 0.1) is 0 Å². The number of sulfonamides is 1. The molecule has 0 aliphatic carbocycles. The summed E-state index contributed by atoms with van der Waals surface area (Å²) >= 11 is 0. The van der Waals surface area contributed by atoms with Crippen molar-refractivity contribution in [2.75, 3.05) is 25.4 Å². The number of nitrogens with zero attached hydrogens (tertiary/aromatic N) is 1. The molecule has 7 nitrogen and oxygen atoms in total. The number of aliphatic hydroxyl groups excluding tert-OH is 1. The molecular weight excluding hydrogens is 272 g/mol. The van der Waals surface area contributed by atoms with E-state index in [0.717, 1.165) is 16.4 Å². The van der Waals surface area contributed by atoms with Crippen LogP contribution in [0.2, 0.25) is 0 Å². The lowest BCUT2D eigenvalue weighted by Crippen LogP contribution is -2.34. The summed E-state index contributed by atoms with van der Waals surface area (Å²) in [5.41, 5.74) is 5.33. The third-order valence-electron chi connectivity index (χ3n) is 2.56. The summed E-state index contributed by atoms with van der Waals surface area (Å²) in [4.78, 5) is 10.7. The number of benzene rings is 1. The number of hydrogen-bond donors (Lipinski definition) is 3. The molecule has 1 aromatic rings. The molecular formula is C11H16N2O5S. The van der Waals surface area contributed by atoms with E-state index < -0.39 is 16.0 Å². The van der Waals surface area contributed by atoms with Gasteiger partial charge in [0.25, 0.3) is 0 Å². The molecule has 0 fully saturated rings. The summed E-state index contributed by atoms with van der Waals surface area (Å²) in [7, 11) is -4.00. The zero-order chi connectivity index (χ0) is 14.6. The number of carboxylic acids is 1. The van der Waals surface area contributed by atoms with Gasteiger partial charge in [-0.25, -0.2) is 13.2 Å². The largest absolute Gasteiger partial charge is 0.478 e. The third-order valence-corrected chi connectivity index (χ3v) is 4.57. The Morgan fingerprint density at radius 1 is 1.42 bits per heavy atom. The first-order chi connectivity index (χ1) is 8.84. The Kier molecular flexibility index (Phi) is 4.87. The fourth-order valence-electron chi connectivity index (χ4n) is 1.63. The van der Waals surface area contributed by atoms with E-state index in [4.69, 9.17) is 15.9 Å². The van der Waals surface area contributed by atoms with Crippen LogP contribution in [0.4, 0.5) is 5.69 Å². The second-order valence-corrected chi connectivity index (χ2v) is 5.69. The molecule has 0 spiro atoms. The van der Waals surface area contributed by atoms with Crippen molar-refractivity contribution < 1.29 is 23.4 Å². The lowest BCUT2D eigenvalue weighted by atomic mass is 10.2. The molecule has 106 valence electrons. The quantitative estimate of drug-likeness (QED) is 0.632. The van der Waals surface area contributed by atoms with Gasteiger partial charge in [0.15, 0.2) is 0 Å². The molecule has 1 aromatic carbocycles. The van der Waals surface area contributed by atoms with Gasteiger partial charge in [-0.15, -0.1) is 0 Å². The van der Waals surface area contributed by atoms with Gasteiger partial charge in [0, 0.05) is 18.8 Å². The fourth-order valence-corrected chi connectivity index (χ4v) is 3.29. The molecule has 0 atom stereocenters. The van der Waals surface area contributed by atoms with Crippen molar-refractivity contribution >= 4 is 21.7 Å². The molecule has 0 aliphatic heterocycles. The predicted molar refractivity (Wildman–Crippen MR) is 69.3 cm³/mol. The lowest BCUT2D eigenvalue weighted by Gasteiger charge is -2.20. The van der Waals surface area contributed by atoms with Crippen LogP contribution in [-0.2, 0) is 10.0 Å². The van der Waals surface area contributed by atoms with Gasteiger partial charge in [0.2, 0.25) is 10.0 Å². The monoisotopic (exact) mass is 288 g/mol. The number of anilines is 1. The molecule has 1 rings (SSSR count). The minimum absolute atomic E-state index is 0.104. The minimum atomic E-state index is -4.00. The average Bonchev–Trinajstić information content (AvgIpc) is 2.35. The maximum Gasteiger partial charge on any atom is 0.337 e. The maximum absolute atomic E-state index is 12.3. The van der Waals surface area contributed by atoms with Crippen molar-refractivity contribution in [3.05, 3.63) is 23.8 Å². The topological polar surface area (TPSA) is 121 Å². The van der Waals surface area contributed by atoms with Crippen molar-refractivity contribution in [2.24, 2.45) is 0 Å². The van der Waals surface area contributed by atoms with Gasteiger partial charge in [0.05, 0.1) is 17.1 Å². The Morgan fingerprint density at radius 3 is 2.53 bits per heavy atom. The lowest BCUT2D eigenvalue weighted by molar-refractivity contribution is 0.0692. The Hall–Kier alpha value is -1.64. The van der Waals surface area contributed by atoms with Crippen LogP contribution >= 0.6 is 0 Å². The number of aliphatic hydroxyl groups is 1. The second-order valence-electron chi connectivity index (χ2n) is 3.78. The van der Waals surface area contributed by atoms with Crippen LogP contribution in [0.5, 0.6) is 0 Å². The average molecular weight is 288 g/mol. The zero-order valence-electron chi connectivity index (χ0n) is 10.4. The van der Waals surface area contributed by atoms with Gasteiger partial charge in [-0.05, 0) is 18.2 Å². The highest BCUT2D eigenvalue weighted by atomic mass is 32.2. The Bertz CT molecular complexity index is 570. The van der Waals surface area contributed by atoms with Gasteiger partial charge in [-0.3, -0.25) is 0 Å². The van der Waals surface area contributed by atoms with E-state index in [0.29, 0.717) is 0 Å². The molecule has 0 aromatic heterocycles. The van der Waals surface area contributed by atoms with Crippen LogP contribution in [-0.4, -0.2) is 48.6 Å². The van der Waals surface area contributed by atoms with E-state index in [2.05, 4.69) is 0 Å². The van der Waals surface area contributed by atoms with E-state index in [1.54, 1.807) is 6.92 Å². The molecule has 0 heterocycles. The number of nitrogens with two attached hydrogens (primary N) is 1. The smallest absolute Gasteiger partial charge is 0.337 e. The van der Waals surface area contributed by atoms with E-state index in [1.165, 1.54) is 6.07 Å². The standard InChI is InChI=1S/C11H16N2O5S/c1-2-13(5-6-14)19(17,18)10-7-8(12)3-4-9(10)11(15)16/h3-4,7,14H,2,5-6,12H2,1H3,(H,15,16). The highest BCUT2D eigenvalue weighted by Gasteiger charge is 2.28. The van der Waals surface area contributed by atoms with Gasteiger partial charge in [-0.1, -0.05) is 6.92 Å². The van der Waals surface area contributed by atoms with Crippen molar-refractivity contribution in [3.8, 4) is 0 Å². The first kappa shape index (κ1) is 15.4. The van der Waals surface area contributed by atoms with Crippen LogP contribution in [0.15, 0.2) is 23.1 Å². The second kappa shape index (κ2) is 6.00. The highest BCUT2D eigenvalue weighted by Crippen LogP contribution is 2.23. The molecule has 0 saturated carbocycles. The molecule has 4 N–H and O–H groups in total. The minimum Gasteiger partial charge on any atom is -0.478 e. The number of nitrogen functional groups attached to an aromatic ring is 1. The molecule has 0 unspecified atom stereocenters. The zero-order valence-corrected chi connectivity index (χ0v) is 11.2. The number of rotatable bonds is 6.